The smallest absolute Gasteiger partial charge is 0.327 e. The molecule has 0 fully saturated rings. The lowest BCUT2D eigenvalue weighted by Gasteiger charge is -2.11. The summed E-state index contributed by atoms with van der Waals surface area (Å²) in [6.45, 7) is 3.64. The highest BCUT2D eigenvalue weighted by Crippen LogP contribution is 2.11. The normalized spacial score (nSPS) is 11.9. The number of ether oxygens (including phenoxy) is 2. The molecule has 16 heavy (non-hydrogen) atoms. The van der Waals surface area contributed by atoms with E-state index in [1.54, 1.807) is 13.8 Å². The van der Waals surface area contributed by atoms with Crippen molar-refractivity contribution in [3.63, 3.8) is 0 Å². The van der Waals surface area contributed by atoms with Crippen LogP contribution in [0, 0.1) is 5.92 Å². The summed E-state index contributed by atoms with van der Waals surface area (Å²) in [5, 5.41) is 6.16. The number of carbonyl (C=O) groups excluding carboxylic acids is 2. The van der Waals surface area contributed by atoms with Gasteiger partial charge in [0.1, 0.15) is 0 Å². The van der Waals surface area contributed by atoms with Crippen LogP contribution in [-0.2, 0) is 14.3 Å². The minimum absolute atomic E-state index is 0.146. The number of carbonyl (C=O) groups is 2. The molecule has 0 aliphatic heterocycles. The van der Waals surface area contributed by atoms with Crippen LogP contribution in [0.1, 0.15) is 20.3 Å². The quantitative estimate of drug-likeness (QED) is 0.596. The van der Waals surface area contributed by atoms with E-state index in [1.165, 1.54) is 12.3 Å². The molecule has 1 aromatic rings. The van der Waals surface area contributed by atoms with Crippen molar-refractivity contribution in [2.24, 2.45) is 5.92 Å². The number of H-pyrrole nitrogens is 1. The van der Waals surface area contributed by atoms with Gasteiger partial charge in [-0.15, -0.1) is 5.10 Å². The van der Waals surface area contributed by atoms with E-state index >= 15 is 0 Å². The van der Waals surface area contributed by atoms with Crippen LogP contribution < -0.4 is 4.74 Å². The van der Waals surface area contributed by atoms with Crippen molar-refractivity contribution in [3.8, 4) is 5.88 Å². The predicted molar refractivity (Wildman–Crippen MR) is 54.6 cm³/mol. The third-order valence-electron chi connectivity index (χ3n) is 1.94. The summed E-state index contributed by atoms with van der Waals surface area (Å²) in [4.78, 5) is 23.0. The summed E-state index contributed by atoms with van der Waals surface area (Å²) < 4.78 is 9.66. The van der Waals surface area contributed by atoms with E-state index in [2.05, 4.69) is 10.2 Å². The van der Waals surface area contributed by atoms with Crippen LogP contribution in [-0.4, -0.2) is 28.7 Å². The van der Waals surface area contributed by atoms with Gasteiger partial charge < -0.3 is 9.47 Å². The minimum atomic E-state index is -0.892. The van der Waals surface area contributed by atoms with Gasteiger partial charge in [0.05, 0.1) is 6.61 Å². The van der Waals surface area contributed by atoms with E-state index < -0.39 is 17.9 Å². The molecule has 1 aromatic heterocycles. The SMILES string of the molecule is CCOC(=O)C(CC)C(=O)Oc1cc[nH]n1. The molecule has 0 radical (unpaired) electrons. The Kier molecular flexibility index (Phi) is 4.50. The molecule has 0 saturated carbocycles. The van der Waals surface area contributed by atoms with Crippen LogP contribution in [0.3, 0.4) is 0 Å². The van der Waals surface area contributed by atoms with Crippen LogP contribution in [0.2, 0.25) is 0 Å². The molecule has 0 bridgehead atoms. The van der Waals surface area contributed by atoms with Gasteiger partial charge in [-0.25, -0.2) is 0 Å². The first-order valence-corrected chi connectivity index (χ1v) is 5.07. The number of hydrogen-bond acceptors (Lipinski definition) is 5. The fourth-order valence-electron chi connectivity index (χ4n) is 1.15. The maximum absolute atomic E-state index is 11.6. The van der Waals surface area contributed by atoms with Crippen LogP contribution >= 0.6 is 0 Å². The lowest BCUT2D eigenvalue weighted by atomic mass is 10.1. The van der Waals surface area contributed by atoms with E-state index in [0.717, 1.165) is 0 Å². The number of aromatic nitrogens is 2. The fraction of sp³-hybridized carbons (Fsp3) is 0.500. The Balaban J connectivity index is 2.59. The van der Waals surface area contributed by atoms with Crippen molar-refractivity contribution in [1.29, 1.82) is 0 Å². The van der Waals surface area contributed by atoms with E-state index in [9.17, 15) is 9.59 Å². The third kappa shape index (κ3) is 3.08. The Bertz CT molecular complexity index is 348. The van der Waals surface area contributed by atoms with Gasteiger partial charge >= 0.3 is 11.9 Å². The lowest BCUT2D eigenvalue weighted by Crippen LogP contribution is -2.29. The van der Waals surface area contributed by atoms with Crippen LogP contribution in [0.25, 0.3) is 0 Å². The first-order valence-electron chi connectivity index (χ1n) is 5.07. The summed E-state index contributed by atoms with van der Waals surface area (Å²) in [7, 11) is 0. The molecule has 0 saturated heterocycles. The zero-order valence-electron chi connectivity index (χ0n) is 9.23. The summed E-state index contributed by atoms with van der Waals surface area (Å²) >= 11 is 0. The van der Waals surface area contributed by atoms with Gasteiger partial charge in [0, 0.05) is 12.3 Å². The lowest BCUT2D eigenvalue weighted by molar-refractivity contribution is -0.157. The molecule has 0 aliphatic rings. The average Bonchev–Trinajstić information content (AvgIpc) is 2.71. The molecule has 0 spiro atoms. The van der Waals surface area contributed by atoms with Gasteiger partial charge in [-0.3, -0.25) is 14.7 Å². The monoisotopic (exact) mass is 226 g/mol. The molecule has 88 valence electrons. The molecule has 6 nitrogen and oxygen atoms in total. The Hall–Kier alpha value is -1.85. The van der Waals surface area contributed by atoms with Crippen LogP contribution in [0.15, 0.2) is 12.3 Å². The third-order valence-corrected chi connectivity index (χ3v) is 1.94. The highest BCUT2D eigenvalue weighted by Gasteiger charge is 2.28. The second-order valence-corrected chi connectivity index (χ2v) is 3.05. The summed E-state index contributed by atoms with van der Waals surface area (Å²) in [5.74, 6) is -1.96. The summed E-state index contributed by atoms with van der Waals surface area (Å²) in [5.41, 5.74) is 0. The molecule has 0 amide bonds. The van der Waals surface area contributed by atoms with Gasteiger partial charge in [-0.2, -0.15) is 0 Å². The first kappa shape index (κ1) is 12.2. The Morgan fingerprint density at radius 2 is 2.19 bits per heavy atom. The highest BCUT2D eigenvalue weighted by atomic mass is 16.6. The molecular weight excluding hydrogens is 212 g/mol. The van der Waals surface area contributed by atoms with Crippen LogP contribution in [0.5, 0.6) is 5.88 Å². The predicted octanol–water partition coefficient (Wildman–Crippen LogP) is 0.904. The maximum atomic E-state index is 11.6. The first-order chi connectivity index (χ1) is 7.69. The molecule has 6 heteroatoms. The highest BCUT2D eigenvalue weighted by molar-refractivity contribution is 5.95. The van der Waals surface area contributed by atoms with Crippen molar-refractivity contribution in [3.05, 3.63) is 12.3 Å². The maximum Gasteiger partial charge on any atom is 0.327 e. The zero-order valence-corrected chi connectivity index (χ0v) is 9.23. The number of nitrogens with one attached hydrogen (secondary N) is 1. The Morgan fingerprint density at radius 1 is 1.44 bits per heavy atom. The molecule has 0 aromatic carbocycles. The number of rotatable bonds is 5. The van der Waals surface area contributed by atoms with Gasteiger partial charge in [0.25, 0.3) is 0 Å². The number of esters is 2. The number of hydrogen-bond donors (Lipinski definition) is 1. The number of aromatic amines is 1. The minimum Gasteiger partial charge on any atom is -0.465 e. The largest absolute Gasteiger partial charge is 0.465 e. The topological polar surface area (TPSA) is 81.3 Å². The van der Waals surface area contributed by atoms with Gasteiger partial charge in [-0.05, 0) is 13.3 Å². The molecular formula is C10H14N2O4. The van der Waals surface area contributed by atoms with E-state index in [-0.39, 0.29) is 12.5 Å². The van der Waals surface area contributed by atoms with E-state index in [0.29, 0.717) is 6.42 Å². The van der Waals surface area contributed by atoms with Crippen LogP contribution in [0.4, 0.5) is 0 Å². The van der Waals surface area contributed by atoms with Crippen molar-refractivity contribution in [2.75, 3.05) is 6.61 Å². The van der Waals surface area contributed by atoms with E-state index in [4.69, 9.17) is 9.47 Å². The molecule has 0 aliphatic carbocycles. The number of nitrogens with zero attached hydrogens (tertiary/aromatic N) is 1. The van der Waals surface area contributed by atoms with Gasteiger partial charge in [0.15, 0.2) is 5.92 Å². The molecule has 1 rings (SSSR count). The fourth-order valence-corrected chi connectivity index (χ4v) is 1.15. The zero-order chi connectivity index (χ0) is 12.0. The Morgan fingerprint density at radius 3 is 2.69 bits per heavy atom. The van der Waals surface area contributed by atoms with E-state index in [1.807, 2.05) is 0 Å². The summed E-state index contributed by atoms with van der Waals surface area (Å²) in [6.07, 6.45) is 1.86. The second-order valence-electron chi connectivity index (χ2n) is 3.05. The van der Waals surface area contributed by atoms with Gasteiger partial charge in [-0.1, -0.05) is 6.92 Å². The molecule has 1 atom stereocenters. The van der Waals surface area contributed by atoms with Crippen molar-refractivity contribution >= 4 is 11.9 Å². The molecule has 1 heterocycles. The summed E-state index contributed by atoms with van der Waals surface area (Å²) in [6, 6.07) is 1.50. The van der Waals surface area contributed by atoms with Crippen molar-refractivity contribution < 1.29 is 19.1 Å². The van der Waals surface area contributed by atoms with Gasteiger partial charge in [0.2, 0.25) is 5.88 Å². The standard InChI is InChI=1S/C10H14N2O4/c1-3-7(9(13)15-4-2)10(14)16-8-5-6-11-12-8/h5-7H,3-4H2,1-2H3,(H,11,12). The van der Waals surface area contributed by atoms with Crippen molar-refractivity contribution in [2.45, 2.75) is 20.3 Å². The Labute approximate surface area is 92.9 Å². The average molecular weight is 226 g/mol. The molecule has 1 N–H and O–H groups in total. The molecule has 1 unspecified atom stereocenters. The van der Waals surface area contributed by atoms with Crippen molar-refractivity contribution in [1.82, 2.24) is 10.2 Å². The second kappa shape index (κ2) is 5.89.